The molecule has 2 aromatic rings. The molecule has 1 atom stereocenters. The Labute approximate surface area is 124 Å². The van der Waals surface area contributed by atoms with Gasteiger partial charge in [0, 0.05) is 25.0 Å². The molecule has 2 rings (SSSR count). The molecule has 1 aromatic heterocycles. The van der Waals surface area contributed by atoms with Gasteiger partial charge in [-0.2, -0.15) is 0 Å². The van der Waals surface area contributed by atoms with Crippen LogP contribution in [0.4, 0.5) is 11.4 Å². The number of hydrogen-bond donors (Lipinski definition) is 2. The van der Waals surface area contributed by atoms with Gasteiger partial charge >= 0.3 is 0 Å². The van der Waals surface area contributed by atoms with E-state index in [0.717, 1.165) is 22.7 Å². The molecule has 0 saturated carbocycles. The van der Waals surface area contributed by atoms with E-state index in [-0.39, 0.29) is 11.9 Å². The second-order valence-corrected chi connectivity index (χ2v) is 4.75. The summed E-state index contributed by atoms with van der Waals surface area (Å²) in [4.78, 5) is 15.3. The zero-order valence-electron chi connectivity index (χ0n) is 12.4. The number of benzene rings is 1. The Morgan fingerprint density at radius 1 is 1.33 bits per heavy atom. The van der Waals surface area contributed by atoms with Crippen LogP contribution in [0, 0.1) is 0 Å². The summed E-state index contributed by atoms with van der Waals surface area (Å²) in [7, 11) is 1.62. The molecule has 0 aliphatic carbocycles. The quantitative estimate of drug-likeness (QED) is 0.885. The fourth-order valence-electron chi connectivity index (χ4n) is 2.05. The van der Waals surface area contributed by atoms with Crippen LogP contribution < -0.4 is 15.4 Å². The van der Waals surface area contributed by atoms with Gasteiger partial charge in [0.25, 0.3) is 0 Å². The van der Waals surface area contributed by atoms with E-state index in [0.29, 0.717) is 0 Å². The van der Waals surface area contributed by atoms with Crippen LogP contribution in [0.5, 0.6) is 5.75 Å². The third-order valence-electron chi connectivity index (χ3n) is 3.08. The second kappa shape index (κ2) is 6.74. The molecule has 2 N–H and O–H groups in total. The first kappa shape index (κ1) is 14.8. The van der Waals surface area contributed by atoms with Gasteiger partial charge in [-0.25, -0.2) is 0 Å². The largest absolute Gasteiger partial charge is 0.495 e. The van der Waals surface area contributed by atoms with Gasteiger partial charge in [0.15, 0.2) is 0 Å². The Balaban J connectivity index is 2.22. The van der Waals surface area contributed by atoms with Crippen LogP contribution in [0.2, 0.25) is 0 Å². The number of nitrogens with one attached hydrogen (secondary N) is 2. The number of methoxy groups -OCH3 is 1. The maximum atomic E-state index is 11.2. The smallest absolute Gasteiger partial charge is 0.221 e. The van der Waals surface area contributed by atoms with Crippen molar-refractivity contribution in [1.82, 2.24) is 4.98 Å². The van der Waals surface area contributed by atoms with Gasteiger partial charge in [-0.1, -0.05) is 6.07 Å². The second-order valence-electron chi connectivity index (χ2n) is 4.75. The summed E-state index contributed by atoms with van der Waals surface area (Å²) in [6.07, 6.45) is 3.57. The van der Waals surface area contributed by atoms with Gasteiger partial charge in [-0.3, -0.25) is 9.78 Å². The Kier molecular flexibility index (Phi) is 4.77. The SMILES string of the molecule is COc1ccc(NC(C)=O)cc1NC(C)c1cccnc1. The minimum atomic E-state index is -0.105. The van der Waals surface area contributed by atoms with Crippen molar-refractivity contribution in [2.45, 2.75) is 19.9 Å². The highest BCUT2D eigenvalue weighted by atomic mass is 16.5. The van der Waals surface area contributed by atoms with Crippen LogP contribution in [0.15, 0.2) is 42.7 Å². The molecule has 110 valence electrons. The number of nitrogens with zero attached hydrogens (tertiary/aromatic N) is 1. The van der Waals surface area contributed by atoms with E-state index in [9.17, 15) is 4.79 Å². The molecule has 1 heterocycles. The highest BCUT2D eigenvalue weighted by Gasteiger charge is 2.10. The van der Waals surface area contributed by atoms with Gasteiger partial charge in [-0.05, 0) is 36.8 Å². The topological polar surface area (TPSA) is 63.2 Å². The zero-order valence-corrected chi connectivity index (χ0v) is 12.4. The average Bonchev–Trinajstić information content (AvgIpc) is 2.48. The number of amides is 1. The summed E-state index contributed by atoms with van der Waals surface area (Å²) in [6.45, 7) is 3.52. The number of carbonyl (C=O) groups is 1. The van der Waals surface area contributed by atoms with Crippen molar-refractivity contribution in [3.8, 4) is 5.75 Å². The molecule has 0 aliphatic heterocycles. The number of hydrogen-bond acceptors (Lipinski definition) is 4. The van der Waals surface area contributed by atoms with E-state index in [4.69, 9.17) is 4.74 Å². The third kappa shape index (κ3) is 3.95. The third-order valence-corrected chi connectivity index (χ3v) is 3.08. The van der Waals surface area contributed by atoms with Crippen molar-refractivity contribution in [1.29, 1.82) is 0 Å². The molecule has 0 radical (unpaired) electrons. The predicted octanol–water partition coefficient (Wildman–Crippen LogP) is 3.22. The molecule has 5 heteroatoms. The van der Waals surface area contributed by atoms with Gasteiger partial charge in [0.05, 0.1) is 18.8 Å². The molecular weight excluding hydrogens is 266 g/mol. The molecule has 0 bridgehead atoms. The van der Waals surface area contributed by atoms with Crippen LogP contribution >= 0.6 is 0 Å². The predicted molar refractivity (Wildman–Crippen MR) is 83.6 cm³/mol. The lowest BCUT2D eigenvalue weighted by atomic mass is 10.1. The van der Waals surface area contributed by atoms with Gasteiger partial charge in [-0.15, -0.1) is 0 Å². The Hall–Kier alpha value is -2.56. The molecule has 5 nitrogen and oxygen atoms in total. The highest BCUT2D eigenvalue weighted by molar-refractivity contribution is 5.89. The van der Waals surface area contributed by atoms with Crippen LogP contribution in [-0.4, -0.2) is 18.0 Å². The molecule has 0 saturated heterocycles. The summed E-state index contributed by atoms with van der Waals surface area (Å²) < 4.78 is 5.35. The zero-order chi connectivity index (χ0) is 15.2. The van der Waals surface area contributed by atoms with Crippen molar-refractivity contribution in [3.05, 3.63) is 48.3 Å². The van der Waals surface area contributed by atoms with Crippen molar-refractivity contribution in [3.63, 3.8) is 0 Å². The molecular formula is C16H19N3O2. The number of ether oxygens (including phenoxy) is 1. The van der Waals surface area contributed by atoms with Gasteiger partial charge in [0.1, 0.15) is 5.75 Å². The molecule has 0 spiro atoms. The van der Waals surface area contributed by atoms with Crippen LogP contribution in [0.25, 0.3) is 0 Å². The summed E-state index contributed by atoms with van der Waals surface area (Å²) in [5.41, 5.74) is 2.62. The molecule has 1 unspecified atom stereocenters. The number of carbonyl (C=O) groups excluding carboxylic acids is 1. The van der Waals surface area contributed by atoms with Crippen LogP contribution in [0.3, 0.4) is 0 Å². The number of pyridine rings is 1. The molecule has 1 amide bonds. The van der Waals surface area contributed by atoms with Crippen molar-refractivity contribution >= 4 is 17.3 Å². The lowest BCUT2D eigenvalue weighted by Crippen LogP contribution is -2.10. The molecule has 21 heavy (non-hydrogen) atoms. The van der Waals surface area contributed by atoms with E-state index >= 15 is 0 Å². The standard InChI is InChI=1S/C16H19N3O2/c1-11(13-5-4-8-17-10-13)18-15-9-14(19-12(2)20)6-7-16(15)21-3/h4-11,18H,1-3H3,(H,19,20). The Morgan fingerprint density at radius 3 is 2.76 bits per heavy atom. The van der Waals surface area contributed by atoms with Gasteiger partial charge < -0.3 is 15.4 Å². The van der Waals surface area contributed by atoms with E-state index in [1.54, 1.807) is 19.4 Å². The lowest BCUT2D eigenvalue weighted by molar-refractivity contribution is -0.114. The average molecular weight is 285 g/mol. The fraction of sp³-hybridized carbons (Fsp3) is 0.250. The molecule has 0 fully saturated rings. The maximum Gasteiger partial charge on any atom is 0.221 e. The molecule has 1 aromatic carbocycles. The maximum absolute atomic E-state index is 11.2. The first-order chi connectivity index (χ1) is 10.1. The Morgan fingerprint density at radius 2 is 2.14 bits per heavy atom. The fourth-order valence-corrected chi connectivity index (χ4v) is 2.05. The number of aromatic nitrogens is 1. The lowest BCUT2D eigenvalue weighted by Gasteiger charge is -2.18. The van der Waals surface area contributed by atoms with E-state index in [1.807, 2.05) is 37.4 Å². The minimum absolute atomic E-state index is 0.0696. The van der Waals surface area contributed by atoms with Crippen LogP contribution in [-0.2, 0) is 4.79 Å². The van der Waals surface area contributed by atoms with E-state index in [2.05, 4.69) is 15.6 Å². The van der Waals surface area contributed by atoms with Crippen molar-refractivity contribution in [2.75, 3.05) is 17.7 Å². The number of anilines is 2. The minimum Gasteiger partial charge on any atom is -0.495 e. The highest BCUT2D eigenvalue weighted by Crippen LogP contribution is 2.30. The van der Waals surface area contributed by atoms with E-state index < -0.39 is 0 Å². The first-order valence-electron chi connectivity index (χ1n) is 6.72. The summed E-state index contributed by atoms with van der Waals surface area (Å²) >= 11 is 0. The molecule has 0 aliphatic rings. The van der Waals surface area contributed by atoms with E-state index in [1.165, 1.54) is 6.92 Å². The van der Waals surface area contributed by atoms with Gasteiger partial charge in [0.2, 0.25) is 5.91 Å². The normalized spacial score (nSPS) is 11.6. The summed E-state index contributed by atoms with van der Waals surface area (Å²) in [5.74, 6) is 0.617. The van der Waals surface area contributed by atoms with Crippen molar-refractivity contribution < 1.29 is 9.53 Å². The first-order valence-corrected chi connectivity index (χ1v) is 6.72. The number of rotatable bonds is 5. The Bertz CT molecular complexity index is 614. The summed E-state index contributed by atoms with van der Waals surface area (Å²) in [5, 5.41) is 6.14. The van der Waals surface area contributed by atoms with Crippen LogP contribution in [0.1, 0.15) is 25.5 Å². The summed E-state index contributed by atoms with van der Waals surface area (Å²) in [6, 6.07) is 9.46. The monoisotopic (exact) mass is 285 g/mol. The van der Waals surface area contributed by atoms with Crippen molar-refractivity contribution in [2.24, 2.45) is 0 Å².